The van der Waals surface area contributed by atoms with Gasteiger partial charge in [0.25, 0.3) is 5.91 Å². The van der Waals surface area contributed by atoms with E-state index >= 15 is 0 Å². The van der Waals surface area contributed by atoms with Gasteiger partial charge in [0.2, 0.25) is 0 Å². The van der Waals surface area contributed by atoms with Gasteiger partial charge in [0, 0.05) is 17.6 Å². The van der Waals surface area contributed by atoms with E-state index in [4.69, 9.17) is 4.99 Å². The number of rotatable bonds is 6. The Hall–Kier alpha value is -4.36. The van der Waals surface area contributed by atoms with Crippen LogP contribution in [0.2, 0.25) is 0 Å². The summed E-state index contributed by atoms with van der Waals surface area (Å²) < 4.78 is 1.86. The summed E-state index contributed by atoms with van der Waals surface area (Å²) in [5.41, 5.74) is 3.46. The lowest BCUT2D eigenvalue weighted by Gasteiger charge is -2.15. The highest BCUT2D eigenvalue weighted by atomic mass is 32.2. The van der Waals surface area contributed by atoms with E-state index in [9.17, 15) is 14.7 Å². The maximum absolute atomic E-state index is 13.5. The van der Waals surface area contributed by atoms with E-state index in [1.54, 1.807) is 23.1 Å². The first-order chi connectivity index (χ1) is 17.1. The summed E-state index contributed by atoms with van der Waals surface area (Å²) in [7, 11) is 0. The van der Waals surface area contributed by atoms with E-state index in [2.05, 4.69) is 0 Å². The van der Waals surface area contributed by atoms with Gasteiger partial charge in [0.15, 0.2) is 5.17 Å². The standard InChI is InChI=1S/C28H21N3O3S/c32-26-25(18-24-15-8-16-30(24)23-14-7-11-21(17-23)27(33)34)35-28(29-22-12-5-2-6-13-22)31(26)19-20-9-3-1-4-10-20/h1-18H,19H2,(H,33,34)/b25-18-,29-28?. The second-order valence-corrected chi connectivity index (χ2v) is 8.89. The zero-order chi connectivity index (χ0) is 24.2. The van der Waals surface area contributed by atoms with Crippen LogP contribution in [-0.4, -0.2) is 31.6 Å². The highest BCUT2D eigenvalue weighted by molar-refractivity contribution is 8.18. The van der Waals surface area contributed by atoms with Crippen LogP contribution < -0.4 is 0 Å². The SMILES string of the molecule is O=C(O)c1cccc(-n2cccc2/C=C2\SC(=Nc3ccccc3)N(Cc3ccccc3)C2=O)c1. The molecular weight excluding hydrogens is 458 g/mol. The molecule has 172 valence electrons. The van der Waals surface area contributed by atoms with Gasteiger partial charge in [0.1, 0.15) is 0 Å². The molecule has 0 bridgehead atoms. The molecule has 1 N–H and O–H groups in total. The van der Waals surface area contributed by atoms with Gasteiger partial charge in [-0.3, -0.25) is 9.69 Å². The molecule has 1 aromatic heterocycles. The maximum Gasteiger partial charge on any atom is 0.335 e. The highest BCUT2D eigenvalue weighted by Crippen LogP contribution is 2.35. The van der Waals surface area contributed by atoms with Crippen molar-refractivity contribution >= 4 is 40.6 Å². The van der Waals surface area contributed by atoms with Gasteiger partial charge in [-0.15, -0.1) is 0 Å². The average molecular weight is 480 g/mol. The van der Waals surface area contributed by atoms with E-state index < -0.39 is 5.97 Å². The molecule has 0 spiro atoms. The van der Waals surface area contributed by atoms with Crippen LogP contribution in [0.25, 0.3) is 11.8 Å². The summed E-state index contributed by atoms with van der Waals surface area (Å²) in [6.07, 6.45) is 3.67. The number of hydrogen-bond acceptors (Lipinski definition) is 4. The quantitative estimate of drug-likeness (QED) is 0.345. The molecule has 7 heteroatoms. The Morgan fingerprint density at radius 1 is 0.914 bits per heavy atom. The number of aromatic nitrogens is 1. The number of benzene rings is 3. The van der Waals surface area contributed by atoms with E-state index in [-0.39, 0.29) is 11.5 Å². The van der Waals surface area contributed by atoms with Gasteiger partial charge < -0.3 is 9.67 Å². The number of thioether (sulfide) groups is 1. The van der Waals surface area contributed by atoms with Gasteiger partial charge in [-0.2, -0.15) is 0 Å². The van der Waals surface area contributed by atoms with Crippen molar-refractivity contribution in [1.29, 1.82) is 0 Å². The number of para-hydroxylation sites is 1. The average Bonchev–Trinajstić information content (AvgIpc) is 3.46. The molecule has 4 aromatic rings. The Morgan fingerprint density at radius 3 is 2.40 bits per heavy atom. The fourth-order valence-electron chi connectivity index (χ4n) is 3.78. The largest absolute Gasteiger partial charge is 0.478 e. The number of amidine groups is 1. The molecule has 35 heavy (non-hydrogen) atoms. The Balaban J connectivity index is 1.51. The molecule has 3 aromatic carbocycles. The Bertz CT molecular complexity index is 1440. The van der Waals surface area contributed by atoms with E-state index in [1.807, 2.05) is 95.7 Å². The molecule has 1 aliphatic rings. The number of aliphatic imine (C=N–C) groups is 1. The Morgan fingerprint density at radius 2 is 1.66 bits per heavy atom. The van der Waals surface area contributed by atoms with Gasteiger partial charge in [-0.1, -0.05) is 54.6 Å². The second-order valence-electron chi connectivity index (χ2n) is 7.88. The minimum absolute atomic E-state index is 0.124. The van der Waals surface area contributed by atoms with Crippen molar-refractivity contribution in [1.82, 2.24) is 9.47 Å². The maximum atomic E-state index is 13.5. The van der Waals surface area contributed by atoms with Crippen LogP contribution in [0.4, 0.5) is 5.69 Å². The molecule has 2 heterocycles. The van der Waals surface area contributed by atoms with Crippen LogP contribution in [-0.2, 0) is 11.3 Å². The summed E-state index contributed by atoms with van der Waals surface area (Å²) in [5.74, 6) is -1.11. The molecule has 0 radical (unpaired) electrons. The Kier molecular flexibility index (Phi) is 6.32. The molecule has 0 atom stereocenters. The van der Waals surface area contributed by atoms with Crippen LogP contribution in [0.5, 0.6) is 0 Å². The lowest BCUT2D eigenvalue weighted by atomic mass is 10.2. The van der Waals surface area contributed by atoms with Crippen LogP contribution in [0.3, 0.4) is 0 Å². The number of amides is 1. The number of aromatic carboxylic acids is 1. The monoisotopic (exact) mass is 479 g/mol. The van der Waals surface area contributed by atoms with E-state index in [0.29, 0.717) is 22.3 Å². The predicted octanol–water partition coefficient (Wildman–Crippen LogP) is 5.98. The summed E-state index contributed by atoms with van der Waals surface area (Å²) in [4.78, 5) is 31.9. The molecule has 0 unspecified atom stereocenters. The first-order valence-corrected chi connectivity index (χ1v) is 11.8. The summed E-state index contributed by atoms with van der Waals surface area (Å²) in [6, 6.07) is 29.8. The van der Waals surface area contributed by atoms with Gasteiger partial charge >= 0.3 is 5.97 Å². The second kappa shape index (κ2) is 9.87. The van der Waals surface area contributed by atoms with E-state index in [1.165, 1.54) is 11.8 Å². The van der Waals surface area contributed by atoms with E-state index in [0.717, 1.165) is 16.9 Å². The third kappa shape index (κ3) is 4.95. The van der Waals surface area contributed by atoms with Crippen molar-refractivity contribution in [3.05, 3.63) is 125 Å². The molecular formula is C28H21N3O3S. The number of hydrogen-bond donors (Lipinski definition) is 1. The number of carboxylic acids is 1. The van der Waals surface area contributed by atoms with Crippen LogP contribution in [0.1, 0.15) is 21.6 Å². The van der Waals surface area contributed by atoms with Gasteiger partial charge in [-0.05, 0) is 65.9 Å². The highest BCUT2D eigenvalue weighted by Gasteiger charge is 2.33. The molecule has 0 saturated carbocycles. The van der Waals surface area contributed by atoms with Crippen molar-refractivity contribution in [2.45, 2.75) is 6.54 Å². The lowest BCUT2D eigenvalue weighted by Crippen LogP contribution is -2.28. The fourth-order valence-corrected chi connectivity index (χ4v) is 4.76. The molecule has 6 nitrogen and oxygen atoms in total. The zero-order valence-electron chi connectivity index (χ0n) is 18.6. The van der Waals surface area contributed by atoms with Crippen LogP contribution >= 0.6 is 11.8 Å². The Labute approximate surface area is 206 Å². The van der Waals surface area contributed by atoms with Gasteiger partial charge in [0.05, 0.1) is 22.7 Å². The van der Waals surface area contributed by atoms with Crippen molar-refractivity contribution in [2.24, 2.45) is 4.99 Å². The first kappa shape index (κ1) is 22.4. The topological polar surface area (TPSA) is 74.9 Å². The molecule has 0 aliphatic carbocycles. The first-order valence-electron chi connectivity index (χ1n) is 11.0. The van der Waals surface area contributed by atoms with Crippen LogP contribution in [0, 0.1) is 0 Å². The third-order valence-corrected chi connectivity index (χ3v) is 6.49. The molecule has 1 amide bonds. The smallest absolute Gasteiger partial charge is 0.335 e. The predicted molar refractivity (Wildman–Crippen MR) is 139 cm³/mol. The summed E-state index contributed by atoms with van der Waals surface area (Å²) >= 11 is 1.33. The molecule has 5 rings (SSSR count). The molecule has 1 fully saturated rings. The minimum Gasteiger partial charge on any atom is -0.478 e. The van der Waals surface area contributed by atoms with Crippen molar-refractivity contribution in [3.63, 3.8) is 0 Å². The summed E-state index contributed by atoms with van der Waals surface area (Å²) in [5, 5.41) is 9.97. The van der Waals surface area contributed by atoms with Crippen LogP contribution in [0.15, 0.2) is 113 Å². The molecule has 1 aliphatic heterocycles. The fraction of sp³-hybridized carbons (Fsp3) is 0.0357. The normalized spacial score (nSPS) is 15.8. The summed E-state index contributed by atoms with van der Waals surface area (Å²) in [6.45, 7) is 0.414. The number of carboxylic acid groups (broad SMARTS) is 1. The van der Waals surface area contributed by atoms with Crippen molar-refractivity contribution in [2.75, 3.05) is 0 Å². The number of carbonyl (C=O) groups excluding carboxylic acids is 1. The minimum atomic E-state index is -0.987. The van der Waals surface area contributed by atoms with Gasteiger partial charge in [-0.25, -0.2) is 9.79 Å². The number of carbonyl (C=O) groups is 2. The molecule has 1 saturated heterocycles. The van der Waals surface area contributed by atoms with Crippen molar-refractivity contribution in [3.8, 4) is 5.69 Å². The van der Waals surface area contributed by atoms with Crippen molar-refractivity contribution < 1.29 is 14.7 Å². The number of nitrogens with zero attached hydrogens (tertiary/aromatic N) is 3. The lowest BCUT2D eigenvalue weighted by molar-refractivity contribution is -0.122. The zero-order valence-corrected chi connectivity index (χ0v) is 19.4. The third-order valence-electron chi connectivity index (χ3n) is 5.48.